The first-order valence-corrected chi connectivity index (χ1v) is 9.48. The number of ether oxygens (including phenoxy) is 1. The van der Waals surface area contributed by atoms with Crippen molar-refractivity contribution in [3.8, 4) is 28.3 Å². The van der Waals surface area contributed by atoms with Crippen molar-refractivity contribution in [2.24, 2.45) is 0 Å². The van der Waals surface area contributed by atoms with Gasteiger partial charge in [-0.3, -0.25) is 0 Å². The van der Waals surface area contributed by atoms with Crippen LogP contribution in [0.1, 0.15) is 32.3 Å². The summed E-state index contributed by atoms with van der Waals surface area (Å²) in [4.78, 5) is 19.8. The van der Waals surface area contributed by atoms with E-state index in [0.29, 0.717) is 11.6 Å². The summed E-state index contributed by atoms with van der Waals surface area (Å²) in [5, 5.41) is 8.90. The molecule has 0 radical (unpaired) electrons. The smallest absolute Gasteiger partial charge is 0.344 e. The third kappa shape index (κ3) is 4.94. The van der Waals surface area contributed by atoms with E-state index in [9.17, 15) is 4.79 Å². The van der Waals surface area contributed by atoms with Crippen LogP contribution in [0.2, 0.25) is 0 Å². The zero-order valence-electron chi connectivity index (χ0n) is 16.1. The summed E-state index contributed by atoms with van der Waals surface area (Å²) < 4.78 is 5.34. The molecule has 3 aromatic rings. The highest BCUT2D eigenvalue weighted by molar-refractivity contribution is 5.72. The van der Waals surface area contributed by atoms with Gasteiger partial charge in [-0.1, -0.05) is 37.6 Å². The lowest BCUT2D eigenvalue weighted by Gasteiger charge is -2.10. The predicted octanol–water partition coefficient (Wildman–Crippen LogP) is 5.01. The Morgan fingerprint density at radius 2 is 1.57 bits per heavy atom. The van der Waals surface area contributed by atoms with Crippen LogP contribution < -0.4 is 4.74 Å². The molecular weight excluding hydrogens is 352 g/mol. The Bertz CT molecular complexity index is 904. The van der Waals surface area contributed by atoms with Crippen LogP contribution in [-0.2, 0) is 11.2 Å². The average molecular weight is 376 g/mol. The Hall–Kier alpha value is -3.21. The number of aromatic nitrogens is 2. The van der Waals surface area contributed by atoms with Gasteiger partial charge in [-0.2, -0.15) is 0 Å². The summed E-state index contributed by atoms with van der Waals surface area (Å²) in [6, 6.07) is 15.6. The van der Waals surface area contributed by atoms with Gasteiger partial charge in [0, 0.05) is 23.5 Å². The maximum absolute atomic E-state index is 10.9. The number of carboxylic acid groups (broad SMARTS) is 1. The maximum Gasteiger partial charge on any atom is 0.344 e. The molecule has 2 aromatic carbocycles. The van der Waals surface area contributed by atoms with Crippen LogP contribution in [0.5, 0.6) is 5.75 Å². The molecule has 1 N–H and O–H groups in total. The topological polar surface area (TPSA) is 72.3 Å². The minimum atomic E-state index is -0.999. The van der Waals surface area contributed by atoms with Crippen LogP contribution >= 0.6 is 0 Å². The zero-order valence-corrected chi connectivity index (χ0v) is 16.1. The van der Waals surface area contributed by atoms with E-state index in [-0.39, 0.29) is 0 Å². The molecule has 144 valence electrons. The van der Waals surface area contributed by atoms with Crippen LogP contribution in [0.4, 0.5) is 0 Å². The van der Waals surface area contributed by atoms with Crippen molar-refractivity contribution in [3.05, 3.63) is 66.5 Å². The van der Waals surface area contributed by atoms with E-state index in [1.165, 1.54) is 25.3 Å². The van der Waals surface area contributed by atoms with Crippen LogP contribution in [0.3, 0.4) is 0 Å². The molecule has 0 aliphatic rings. The zero-order chi connectivity index (χ0) is 19.9. The third-order valence-corrected chi connectivity index (χ3v) is 4.53. The van der Waals surface area contributed by atoms with Crippen molar-refractivity contribution >= 4 is 5.97 Å². The second-order valence-corrected chi connectivity index (χ2v) is 6.72. The Morgan fingerprint density at radius 1 is 0.964 bits per heavy atom. The minimum Gasteiger partial charge on any atom is -0.479 e. The van der Waals surface area contributed by atoms with E-state index in [2.05, 4.69) is 41.2 Å². The van der Waals surface area contributed by atoms with Gasteiger partial charge < -0.3 is 9.84 Å². The molecule has 0 aliphatic carbocycles. The van der Waals surface area contributed by atoms with Gasteiger partial charge in [-0.05, 0) is 55.2 Å². The molecule has 3 rings (SSSR count). The Kier molecular flexibility index (Phi) is 6.37. The van der Waals surface area contributed by atoms with Gasteiger partial charge in [0.05, 0.1) is 0 Å². The Balaban J connectivity index is 1.69. The number of aliphatic carboxylic acids is 1. The monoisotopic (exact) mass is 376 g/mol. The van der Waals surface area contributed by atoms with Crippen LogP contribution in [0.15, 0.2) is 60.9 Å². The van der Waals surface area contributed by atoms with Gasteiger partial charge in [0.25, 0.3) is 0 Å². The number of rotatable bonds is 8. The molecule has 1 atom stereocenters. The summed E-state index contributed by atoms with van der Waals surface area (Å²) in [6.07, 6.45) is 6.26. The number of carbonyl (C=O) groups is 1. The largest absolute Gasteiger partial charge is 0.479 e. The molecule has 0 amide bonds. The second-order valence-electron chi connectivity index (χ2n) is 6.72. The van der Waals surface area contributed by atoms with Crippen molar-refractivity contribution in [2.45, 2.75) is 39.2 Å². The first kappa shape index (κ1) is 19.5. The fraction of sp³-hybridized carbons (Fsp3) is 0.261. The standard InChI is InChI=1S/C23H24N2O3/c1-3-4-5-17-6-8-18(9-7-17)20-14-24-22(25-15-20)19-10-12-21(13-11-19)28-16(2)23(26)27/h6-16H,3-5H2,1-2H3,(H,26,27). The predicted molar refractivity (Wildman–Crippen MR) is 109 cm³/mol. The van der Waals surface area contributed by atoms with Gasteiger partial charge in [-0.25, -0.2) is 14.8 Å². The fourth-order valence-electron chi connectivity index (χ4n) is 2.81. The first-order valence-electron chi connectivity index (χ1n) is 9.48. The molecule has 0 bridgehead atoms. The van der Waals surface area contributed by atoms with E-state index < -0.39 is 12.1 Å². The van der Waals surface area contributed by atoms with Crippen LogP contribution in [-0.4, -0.2) is 27.1 Å². The molecule has 1 heterocycles. The van der Waals surface area contributed by atoms with Crippen molar-refractivity contribution < 1.29 is 14.6 Å². The van der Waals surface area contributed by atoms with E-state index >= 15 is 0 Å². The highest BCUT2D eigenvalue weighted by atomic mass is 16.5. The lowest BCUT2D eigenvalue weighted by molar-refractivity contribution is -0.144. The molecule has 1 aromatic heterocycles. The van der Waals surface area contributed by atoms with Gasteiger partial charge in [0.2, 0.25) is 0 Å². The van der Waals surface area contributed by atoms with Crippen LogP contribution in [0, 0.1) is 0 Å². The van der Waals surface area contributed by atoms with Crippen LogP contribution in [0.25, 0.3) is 22.5 Å². The summed E-state index contributed by atoms with van der Waals surface area (Å²) in [5.74, 6) is 0.112. The number of benzene rings is 2. The number of hydrogen-bond acceptors (Lipinski definition) is 4. The van der Waals surface area contributed by atoms with Gasteiger partial charge >= 0.3 is 5.97 Å². The van der Waals surface area contributed by atoms with Gasteiger partial charge in [-0.15, -0.1) is 0 Å². The normalized spacial score (nSPS) is 11.8. The van der Waals surface area contributed by atoms with Crippen molar-refractivity contribution in [2.75, 3.05) is 0 Å². The number of nitrogens with zero attached hydrogens (tertiary/aromatic N) is 2. The second kappa shape index (κ2) is 9.13. The average Bonchev–Trinajstić information content (AvgIpc) is 2.73. The van der Waals surface area contributed by atoms with E-state index in [1.807, 2.05) is 24.5 Å². The number of unbranched alkanes of at least 4 members (excludes halogenated alkanes) is 1. The Morgan fingerprint density at radius 3 is 2.14 bits per heavy atom. The van der Waals surface area contributed by atoms with Gasteiger partial charge in [0.15, 0.2) is 11.9 Å². The van der Waals surface area contributed by atoms with Crippen molar-refractivity contribution in [1.29, 1.82) is 0 Å². The quantitative estimate of drug-likeness (QED) is 0.598. The van der Waals surface area contributed by atoms with Crippen molar-refractivity contribution in [1.82, 2.24) is 9.97 Å². The molecule has 0 fully saturated rings. The van der Waals surface area contributed by atoms with E-state index in [1.54, 1.807) is 12.1 Å². The fourth-order valence-corrected chi connectivity index (χ4v) is 2.81. The molecule has 5 heteroatoms. The van der Waals surface area contributed by atoms with E-state index in [4.69, 9.17) is 9.84 Å². The highest BCUT2D eigenvalue weighted by Gasteiger charge is 2.12. The molecule has 1 unspecified atom stereocenters. The molecule has 0 aliphatic heterocycles. The maximum atomic E-state index is 10.9. The summed E-state index contributed by atoms with van der Waals surface area (Å²) in [7, 11) is 0. The molecule has 0 spiro atoms. The van der Waals surface area contributed by atoms with E-state index in [0.717, 1.165) is 23.1 Å². The minimum absolute atomic E-state index is 0.499. The molecular formula is C23H24N2O3. The summed E-state index contributed by atoms with van der Waals surface area (Å²) in [6.45, 7) is 3.69. The molecule has 0 saturated heterocycles. The first-order chi connectivity index (χ1) is 13.6. The summed E-state index contributed by atoms with van der Waals surface area (Å²) in [5.41, 5.74) is 4.26. The third-order valence-electron chi connectivity index (χ3n) is 4.53. The lowest BCUT2D eigenvalue weighted by atomic mass is 10.0. The number of carboxylic acids is 1. The Labute approximate surface area is 165 Å². The van der Waals surface area contributed by atoms with Gasteiger partial charge in [0.1, 0.15) is 5.75 Å². The lowest BCUT2D eigenvalue weighted by Crippen LogP contribution is -2.22. The SMILES string of the molecule is CCCCc1ccc(-c2cnc(-c3ccc(OC(C)C(=O)O)cc3)nc2)cc1. The molecule has 5 nitrogen and oxygen atoms in total. The highest BCUT2D eigenvalue weighted by Crippen LogP contribution is 2.23. The van der Waals surface area contributed by atoms with Crippen molar-refractivity contribution in [3.63, 3.8) is 0 Å². The molecule has 28 heavy (non-hydrogen) atoms. The number of aryl methyl sites for hydroxylation is 1. The summed E-state index contributed by atoms with van der Waals surface area (Å²) >= 11 is 0. The molecule has 0 saturated carbocycles. The number of hydrogen-bond donors (Lipinski definition) is 1.